The van der Waals surface area contributed by atoms with Gasteiger partial charge in [-0.1, -0.05) is 26.0 Å². The Bertz CT molecular complexity index is 250. The van der Waals surface area contributed by atoms with Crippen LogP contribution in [0.3, 0.4) is 0 Å². The van der Waals surface area contributed by atoms with Crippen LogP contribution in [0.2, 0.25) is 0 Å². The molecule has 1 heteroatoms. The lowest BCUT2D eigenvalue weighted by atomic mass is 9.78. The van der Waals surface area contributed by atoms with Gasteiger partial charge in [0.2, 0.25) is 0 Å². The molecule has 2 unspecified atom stereocenters. The number of carbonyl (C=O) groups is 1. The fourth-order valence-corrected chi connectivity index (χ4v) is 1.99. The summed E-state index contributed by atoms with van der Waals surface area (Å²) in [6, 6.07) is 0. The van der Waals surface area contributed by atoms with Crippen LogP contribution in [0.4, 0.5) is 0 Å². The molecule has 0 heterocycles. The van der Waals surface area contributed by atoms with Crippen LogP contribution in [0.1, 0.15) is 39.5 Å². The summed E-state index contributed by atoms with van der Waals surface area (Å²) in [4.78, 5) is 11.8. The number of hydrogen-bond acceptors (Lipinski definition) is 1. The molecule has 1 rings (SSSR count). The van der Waals surface area contributed by atoms with Crippen molar-refractivity contribution in [3.05, 3.63) is 24.3 Å². The Kier molecular flexibility index (Phi) is 4.12. The normalized spacial score (nSPS) is 26.9. The predicted molar refractivity (Wildman–Crippen MR) is 60.1 cm³/mol. The first-order valence-corrected chi connectivity index (χ1v) is 5.51. The second kappa shape index (κ2) is 5.14. The largest absolute Gasteiger partial charge is 0.295 e. The number of allylic oxidation sites excluding steroid dienone is 3. The Morgan fingerprint density at radius 2 is 2.36 bits per heavy atom. The zero-order chi connectivity index (χ0) is 10.6. The molecule has 0 fully saturated rings. The van der Waals surface area contributed by atoms with Gasteiger partial charge >= 0.3 is 0 Å². The topological polar surface area (TPSA) is 17.1 Å². The highest BCUT2D eigenvalue weighted by molar-refractivity contribution is 5.95. The zero-order valence-corrected chi connectivity index (χ0v) is 9.25. The molecule has 1 nitrogen and oxygen atoms in total. The monoisotopic (exact) mass is 192 g/mol. The van der Waals surface area contributed by atoms with Crippen LogP contribution < -0.4 is 0 Å². The van der Waals surface area contributed by atoms with Gasteiger partial charge in [0.1, 0.15) is 0 Å². The molecule has 0 aliphatic heterocycles. The van der Waals surface area contributed by atoms with Gasteiger partial charge in [-0.05, 0) is 36.7 Å². The van der Waals surface area contributed by atoms with Gasteiger partial charge in [0.05, 0.1) is 0 Å². The molecule has 0 radical (unpaired) electrons. The summed E-state index contributed by atoms with van der Waals surface area (Å²) >= 11 is 0. The lowest BCUT2D eigenvalue weighted by Gasteiger charge is -2.26. The molecular weight excluding hydrogens is 172 g/mol. The van der Waals surface area contributed by atoms with E-state index in [1.165, 1.54) is 6.42 Å². The molecule has 1 aliphatic carbocycles. The van der Waals surface area contributed by atoms with E-state index in [1.54, 1.807) is 0 Å². The van der Waals surface area contributed by atoms with Crippen LogP contribution in [-0.2, 0) is 4.79 Å². The molecule has 1 aliphatic rings. The third-order valence-electron chi connectivity index (χ3n) is 3.23. The summed E-state index contributed by atoms with van der Waals surface area (Å²) in [5, 5.41) is 0. The highest BCUT2D eigenvalue weighted by Crippen LogP contribution is 2.30. The van der Waals surface area contributed by atoms with E-state index < -0.39 is 0 Å². The van der Waals surface area contributed by atoms with Gasteiger partial charge in [-0.3, -0.25) is 4.79 Å². The van der Waals surface area contributed by atoms with Crippen molar-refractivity contribution in [1.82, 2.24) is 0 Å². The molecule has 0 spiro atoms. The van der Waals surface area contributed by atoms with Crippen molar-refractivity contribution in [2.45, 2.75) is 39.5 Å². The molecule has 0 bridgehead atoms. The van der Waals surface area contributed by atoms with Crippen molar-refractivity contribution in [2.75, 3.05) is 0 Å². The van der Waals surface area contributed by atoms with Crippen molar-refractivity contribution in [1.29, 1.82) is 0 Å². The summed E-state index contributed by atoms with van der Waals surface area (Å²) in [7, 11) is 0. The number of hydrogen-bond donors (Lipinski definition) is 0. The SMILES string of the molecule is C=CCCC(=O)C1=CCCC(C)C1C. The first-order chi connectivity index (χ1) is 6.66. The average molecular weight is 192 g/mol. The Labute approximate surface area is 86.9 Å². The maximum Gasteiger partial charge on any atom is 0.159 e. The lowest BCUT2D eigenvalue weighted by molar-refractivity contribution is -0.116. The van der Waals surface area contributed by atoms with Crippen LogP contribution in [0.5, 0.6) is 0 Å². The summed E-state index contributed by atoms with van der Waals surface area (Å²) in [6.07, 6.45) is 7.68. The first kappa shape index (κ1) is 11.2. The van der Waals surface area contributed by atoms with E-state index in [1.807, 2.05) is 6.08 Å². The van der Waals surface area contributed by atoms with Crippen LogP contribution in [0, 0.1) is 11.8 Å². The lowest BCUT2D eigenvalue weighted by Crippen LogP contribution is -2.20. The van der Waals surface area contributed by atoms with Gasteiger partial charge in [-0.15, -0.1) is 6.58 Å². The highest BCUT2D eigenvalue weighted by atomic mass is 16.1. The van der Waals surface area contributed by atoms with Crippen LogP contribution >= 0.6 is 0 Å². The van der Waals surface area contributed by atoms with Crippen molar-refractivity contribution >= 4 is 5.78 Å². The van der Waals surface area contributed by atoms with Gasteiger partial charge in [0.15, 0.2) is 5.78 Å². The third-order valence-corrected chi connectivity index (χ3v) is 3.23. The van der Waals surface area contributed by atoms with Crippen molar-refractivity contribution < 1.29 is 4.79 Å². The summed E-state index contributed by atoms with van der Waals surface area (Å²) in [5.74, 6) is 1.42. The average Bonchev–Trinajstić information content (AvgIpc) is 2.18. The van der Waals surface area contributed by atoms with E-state index in [0.29, 0.717) is 24.0 Å². The molecule has 2 atom stereocenters. The Morgan fingerprint density at radius 1 is 1.64 bits per heavy atom. The molecule has 0 amide bonds. The van der Waals surface area contributed by atoms with Crippen LogP contribution in [0.25, 0.3) is 0 Å². The minimum absolute atomic E-state index is 0.323. The van der Waals surface area contributed by atoms with Crippen molar-refractivity contribution in [2.24, 2.45) is 11.8 Å². The minimum Gasteiger partial charge on any atom is -0.295 e. The molecule has 0 saturated carbocycles. The van der Waals surface area contributed by atoms with E-state index in [4.69, 9.17) is 0 Å². The number of Topliss-reactive ketones (excluding diaryl/α,β-unsaturated/α-hetero) is 1. The van der Waals surface area contributed by atoms with E-state index in [0.717, 1.165) is 18.4 Å². The third kappa shape index (κ3) is 2.57. The minimum atomic E-state index is 0.323. The Balaban J connectivity index is 2.61. The molecule has 14 heavy (non-hydrogen) atoms. The van der Waals surface area contributed by atoms with Gasteiger partial charge in [-0.2, -0.15) is 0 Å². The second-order valence-electron chi connectivity index (χ2n) is 4.25. The molecule has 78 valence electrons. The van der Waals surface area contributed by atoms with E-state index in [9.17, 15) is 4.79 Å². The van der Waals surface area contributed by atoms with Crippen molar-refractivity contribution in [3.63, 3.8) is 0 Å². The Hall–Kier alpha value is -0.850. The molecule has 0 aromatic rings. The molecule has 0 saturated heterocycles. The van der Waals surface area contributed by atoms with Crippen molar-refractivity contribution in [3.8, 4) is 0 Å². The standard InChI is InChI=1S/C13H20O/c1-4-5-9-13(14)12-8-6-7-10(2)11(12)3/h4,8,10-11H,1,5-7,9H2,2-3H3. The molecule has 0 aromatic carbocycles. The van der Waals surface area contributed by atoms with Gasteiger partial charge < -0.3 is 0 Å². The van der Waals surface area contributed by atoms with E-state index in [-0.39, 0.29) is 0 Å². The van der Waals surface area contributed by atoms with E-state index >= 15 is 0 Å². The van der Waals surface area contributed by atoms with Crippen LogP contribution in [0.15, 0.2) is 24.3 Å². The van der Waals surface area contributed by atoms with Gasteiger partial charge in [0, 0.05) is 6.42 Å². The molecular formula is C13H20O. The number of ketones is 1. The van der Waals surface area contributed by atoms with Gasteiger partial charge in [0.25, 0.3) is 0 Å². The molecule has 0 N–H and O–H groups in total. The second-order valence-corrected chi connectivity index (χ2v) is 4.25. The fraction of sp³-hybridized carbons (Fsp3) is 0.615. The summed E-state index contributed by atoms with van der Waals surface area (Å²) in [5.41, 5.74) is 1.06. The summed E-state index contributed by atoms with van der Waals surface area (Å²) < 4.78 is 0. The Morgan fingerprint density at radius 3 is 3.00 bits per heavy atom. The smallest absolute Gasteiger partial charge is 0.159 e. The zero-order valence-electron chi connectivity index (χ0n) is 9.25. The first-order valence-electron chi connectivity index (χ1n) is 5.51. The maximum atomic E-state index is 11.8. The summed E-state index contributed by atoms with van der Waals surface area (Å²) in [6.45, 7) is 8.04. The quantitative estimate of drug-likeness (QED) is 0.623. The predicted octanol–water partition coefficient (Wildman–Crippen LogP) is 3.51. The fourth-order valence-electron chi connectivity index (χ4n) is 1.99. The maximum absolute atomic E-state index is 11.8. The van der Waals surface area contributed by atoms with Crippen LogP contribution in [-0.4, -0.2) is 5.78 Å². The number of carbonyl (C=O) groups excluding carboxylic acids is 1. The number of rotatable bonds is 4. The highest BCUT2D eigenvalue weighted by Gasteiger charge is 2.24. The van der Waals surface area contributed by atoms with E-state index in [2.05, 4.69) is 26.5 Å². The molecule has 0 aromatic heterocycles. The van der Waals surface area contributed by atoms with Gasteiger partial charge in [-0.25, -0.2) is 0 Å².